The van der Waals surface area contributed by atoms with E-state index in [4.69, 9.17) is 0 Å². The highest BCUT2D eigenvalue weighted by atomic mass is 15.6. The molecule has 2 rings (SSSR count). The van der Waals surface area contributed by atoms with Gasteiger partial charge in [0.25, 0.3) is 0 Å². The van der Waals surface area contributed by atoms with Gasteiger partial charge in [0.1, 0.15) is 0 Å². The van der Waals surface area contributed by atoms with Gasteiger partial charge < -0.3 is 0 Å². The van der Waals surface area contributed by atoms with Gasteiger partial charge in [0.2, 0.25) is 6.33 Å². The first-order valence-electron chi connectivity index (χ1n) is 4.12. The van der Waals surface area contributed by atoms with Crippen LogP contribution in [0.2, 0.25) is 0 Å². The maximum Gasteiger partial charge on any atom is 0.245 e. The zero-order valence-corrected chi connectivity index (χ0v) is 6.40. The smallest absolute Gasteiger partial charge is 0.161 e. The maximum absolute atomic E-state index is 3.91. The number of hydrogen-bond acceptors (Lipinski definition) is 3. The van der Waals surface area contributed by atoms with Gasteiger partial charge in [-0.2, -0.15) is 4.80 Å². The van der Waals surface area contributed by atoms with Crippen LogP contribution < -0.4 is 0 Å². The number of tetrazole rings is 1. The summed E-state index contributed by atoms with van der Waals surface area (Å²) < 4.78 is 0. The molecule has 0 N–H and O–H groups in total. The molecule has 0 bridgehead atoms. The van der Waals surface area contributed by atoms with Gasteiger partial charge >= 0.3 is 0 Å². The predicted molar refractivity (Wildman–Crippen MR) is 38.8 cm³/mol. The average Bonchev–Trinajstić information content (AvgIpc) is 2.58. The fourth-order valence-corrected chi connectivity index (χ4v) is 1.62. The molecule has 1 aliphatic carbocycles. The highest BCUT2D eigenvalue weighted by Crippen LogP contribution is 2.25. The Balaban J connectivity index is 2.04. The minimum Gasteiger partial charge on any atom is -0.161 e. The molecule has 59 valence electrons. The zero-order valence-electron chi connectivity index (χ0n) is 6.40. The first-order chi connectivity index (χ1) is 5.47. The molecule has 1 heterocycles. The summed E-state index contributed by atoms with van der Waals surface area (Å²) in [6, 6.07) is 0.488. The Bertz CT molecular complexity index is 200. The van der Waals surface area contributed by atoms with Gasteiger partial charge in [0.15, 0.2) is 0 Å². The van der Waals surface area contributed by atoms with Crippen LogP contribution in [0.4, 0.5) is 0 Å². The molecule has 4 nitrogen and oxygen atoms in total. The first kappa shape index (κ1) is 6.76. The molecule has 0 atom stereocenters. The molecular formula is C7H11N4. The lowest BCUT2D eigenvalue weighted by atomic mass is 9.96. The molecular weight excluding hydrogens is 140 g/mol. The van der Waals surface area contributed by atoms with Crippen LogP contribution in [0, 0.1) is 6.33 Å². The van der Waals surface area contributed by atoms with Gasteiger partial charge in [-0.3, -0.25) is 0 Å². The third-order valence-corrected chi connectivity index (χ3v) is 2.23. The Labute approximate surface area is 65.6 Å². The second-order valence-corrected chi connectivity index (χ2v) is 3.00. The monoisotopic (exact) mass is 151 g/mol. The average molecular weight is 151 g/mol. The molecule has 1 aromatic rings. The third kappa shape index (κ3) is 1.39. The van der Waals surface area contributed by atoms with Crippen molar-refractivity contribution in [3.8, 4) is 0 Å². The second-order valence-electron chi connectivity index (χ2n) is 3.00. The van der Waals surface area contributed by atoms with E-state index in [0.29, 0.717) is 6.04 Å². The third-order valence-electron chi connectivity index (χ3n) is 2.23. The Morgan fingerprint density at radius 2 is 2.00 bits per heavy atom. The summed E-state index contributed by atoms with van der Waals surface area (Å²) in [5.41, 5.74) is 0. The highest BCUT2D eigenvalue weighted by molar-refractivity contribution is 4.66. The molecule has 0 spiro atoms. The number of rotatable bonds is 1. The van der Waals surface area contributed by atoms with Crippen LogP contribution in [0.15, 0.2) is 0 Å². The minimum absolute atomic E-state index is 0.488. The largest absolute Gasteiger partial charge is 0.245 e. The predicted octanol–water partition coefficient (Wildman–Crippen LogP) is 0.978. The zero-order chi connectivity index (χ0) is 7.52. The van der Waals surface area contributed by atoms with Crippen molar-refractivity contribution in [2.45, 2.75) is 38.1 Å². The van der Waals surface area contributed by atoms with Crippen LogP contribution in [0.1, 0.15) is 38.1 Å². The van der Waals surface area contributed by atoms with Crippen LogP contribution >= 0.6 is 0 Å². The number of hydrogen-bond donors (Lipinski definition) is 0. The van der Waals surface area contributed by atoms with Gasteiger partial charge in [0.05, 0.1) is 6.04 Å². The van der Waals surface area contributed by atoms with Crippen LogP contribution in [0.3, 0.4) is 0 Å². The summed E-state index contributed by atoms with van der Waals surface area (Å²) in [4.78, 5) is 1.69. The van der Waals surface area contributed by atoms with Crippen molar-refractivity contribution in [2.75, 3.05) is 0 Å². The van der Waals surface area contributed by atoms with Crippen LogP contribution in [0.5, 0.6) is 0 Å². The summed E-state index contributed by atoms with van der Waals surface area (Å²) in [5, 5.41) is 11.3. The lowest BCUT2D eigenvalue weighted by Crippen LogP contribution is -2.15. The summed E-state index contributed by atoms with van der Waals surface area (Å²) in [6.07, 6.45) is 8.83. The quantitative estimate of drug-likeness (QED) is 0.601. The topological polar surface area (TPSA) is 43.6 Å². The highest BCUT2D eigenvalue weighted by Gasteiger charge is 2.16. The Morgan fingerprint density at radius 3 is 2.64 bits per heavy atom. The Morgan fingerprint density at radius 1 is 1.18 bits per heavy atom. The van der Waals surface area contributed by atoms with Crippen LogP contribution in [-0.2, 0) is 0 Å². The molecule has 1 aromatic heterocycles. The van der Waals surface area contributed by atoms with Crippen molar-refractivity contribution < 1.29 is 0 Å². The molecule has 0 aliphatic heterocycles. The maximum atomic E-state index is 3.91. The van der Waals surface area contributed by atoms with E-state index in [0.717, 1.165) is 0 Å². The second kappa shape index (κ2) is 2.98. The fraction of sp³-hybridized carbons (Fsp3) is 0.857. The summed E-state index contributed by atoms with van der Waals surface area (Å²) in [5.74, 6) is 0. The van der Waals surface area contributed by atoms with E-state index in [-0.39, 0.29) is 0 Å². The van der Waals surface area contributed by atoms with E-state index in [1.165, 1.54) is 32.1 Å². The van der Waals surface area contributed by atoms with Gasteiger partial charge in [-0.15, -0.1) is 10.2 Å². The normalized spacial score (nSPS) is 20.4. The molecule has 1 radical (unpaired) electrons. The molecule has 1 aliphatic rings. The van der Waals surface area contributed by atoms with Gasteiger partial charge in [-0.05, 0) is 18.1 Å². The SMILES string of the molecule is [c]1nnn(C2CCCCC2)n1. The first-order valence-corrected chi connectivity index (χ1v) is 4.12. The molecule has 11 heavy (non-hydrogen) atoms. The molecule has 0 amide bonds. The van der Waals surface area contributed by atoms with Crippen molar-refractivity contribution in [3.63, 3.8) is 0 Å². The molecule has 0 saturated heterocycles. The van der Waals surface area contributed by atoms with Crippen molar-refractivity contribution in [1.29, 1.82) is 0 Å². The van der Waals surface area contributed by atoms with E-state index in [2.05, 4.69) is 21.7 Å². The van der Waals surface area contributed by atoms with E-state index >= 15 is 0 Å². The van der Waals surface area contributed by atoms with Gasteiger partial charge in [-0.1, -0.05) is 19.3 Å². The summed E-state index contributed by atoms with van der Waals surface area (Å²) in [6.45, 7) is 0. The fourth-order valence-electron chi connectivity index (χ4n) is 1.62. The molecule has 0 aromatic carbocycles. The van der Waals surface area contributed by atoms with E-state index in [1.54, 1.807) is 4.80 Å². The number of nitrogens with zero attached hydrogens (tertiary/aromatic N) is 4. The van der Waals surface area contributed by atoms with Crippen molar-refractivity contribution in [2.24, 2.45) is 0 Å². The molecule has 0 unspecified atom stereocenters. The van der Waals surface area contributed by atoms with E-state index in [9.17, 15) is 0 Å². The van der Waals surface area contributed by atoms with Crippen molar-refractivity contribution in [1.82, 2.24) is 20.2 Å². The number of aromatic nitrogens is 4. The van der Waals surface area contributed by atoms with Gasteiger partial charge in [0, 0.05) is 0 Å². The Kier molecular flexibility index (Phi) is 1.83. The van der Waals surface area contributed by atoms with Crippen molar-refractivity contribution >= 4 is 0 Å². The molecule has 4 heteroatoms. The Hall–Kier alpha value is -0.930. The summed E-state index contributed by atoms with van der Waals surface area (Å²) in [7, 11) is 0. The molecule has 1 fully saturated rings. The molecule has 1 saturated carbocycles. The summed E-state index contributed by atoms with van der Waals surface area (Å²) >= 11 is 0. The van der Waals surface area contributed by atoms with Crippen LogP contribution in [-0.4, -0.2) is 20.2 Å². The van der Waals surface area contributed by atoms with Crippen molar-refractivity contribution in [3.05, 3.63) is 6.33 Å². The van der Waals surface area contributed by atoms with Crippen LogP contribution in [0.25, 0.3) is 0 Å². The van der Waals surface area contributed by atoms with Gasteiger partial charge in [-0.25, -0.2) is 0 Å². The van der Waals surface area contributed by atoms with E-state index < -0.39 is 0 Å². The minimum atomic E-state index is 0.488. The lowest BCUT2D eigenvalue weighted by molar-refractivity contribution is 0.297. The standard InChI is InChI=1S/C7H11N4/c1-2-4-7(5-3-1)11-9-6-8-10-11/h7H,1-5H2. The van der Waals surface area contributed by atoms with E-state index in [1.807, 2.05) is 0 Å². The lowest BCUT2D eigenvalue weighted by Gasteiger charge is -2.19.